The van der Waals surface area contributed by atoms with E-state index in [-0.39, 0.29) is 16.6 Å². The van der Waals surface area contributed by atoms with E-state index in [0.29, 0.717) is 11.4 Å². The number of alkyl halides is 3. The fraction of sp³-hybridized carbons (Fsp3) is 0.250. The summed E-state index contributed by atoms with van der Waals surface area (Å²) in [5.41, 5.74) is 2.68. The molecule has 0 radical (unpaired) electrons. The number of para-hydroxylation sites is 1. The lowest BCUT2D eigenvalue weighted by atomic mass is 9.95. The second-order valence-corrected chi connectivity index (χ2v) is 9.04. The number of hydrogen-bond acceptors (Lipinski definition) is 5. The van der Waals surface area contributed by atoms with E-state index in [0.717, 1.165) is 66.7 Å². The lowest BCUT2D eigenvalue weighted by molar-refractivity contribution is -0.137. The van der Waals surface area contributed by atoms with Crippen LogP contribution in [0.1, 0.15) is 35.2 Å². The second kappa shape index (κ2) is 9.11. The number of aromatic nitrogens is 4. The highest BCUT2D eigenvalue weighted by Crippen LogP contribution is 2.36. The molecular formula is C24H19F3N6OS. The molecule has 0 aliphatic heterocycles. The van der Waals surface area contributed by atoms with Gasteiger partial charge in [-0.25, -0.2) is 0 Å². The first-order valence-corrected chi connectivity index (χ1v) is 11.9. The van der Waals surface area contributed by atoms with Gasteiger partial charge in [-0.2, -0.15) is 18.4 Å². The molecule has 35 heavy (non-hydrogen) atoms. The van der Waals surface area contributed by atoms with Gasteiger partial charge in [-0.3, -0.25) is 13.8 Å². The Balaban J connectivity index is 1.42. The summed E-state index contributed by atoms with van der Waals surface area (Å²) >= 11 is 0.971. The van der Waals surface area contributed by atoms with Gasteiger partial charge in [0.15, 0.2) is 10.8 Å². The van der Waals surface area contributed by atoms with Crippen molar-refractivity contribution in [3.8, 4) is 11.8 Å². The number of rotatable bonds is 5. The van der Waals surface area contributed by atoms with E-state index in [2.05, 4.69) is 21.6 Å². The maximum absolute atomic E-state index is 13.1. The van der Waals surface area contributed by atoms with Gasteiger partial charge in [0.05, 0.1) is 16.9 Å². The third-order valence-corrected chi connectivity index (χ3v) is 6.83. The highest BCUT2D eigenvalue weighted by Gasteiger charge is 2.31. The molecule has 0 bridgehead atoms. The highest BCUT2D eigenvalue weighted by atomic mass is 32.2. The van der Waals surface area contributed by atoms with Crippen LogP contribution in [0, 0.1) is 11.3 Å². The predicted molar refractivity (Wildman–Crippen MR) is 124 cm³/mol. The van der Waals surface area contributed by atoms with Crippen molar-refractivity contribution in [3.63, 3.8) is 0 Å². The first-order chi connectivity index (χ1) is 16.9. The number of carbonyl (C=O) groups excluding carboxylic acids is 1. The van der Waals surface area contributed by atoms with Crippen LogP contribution < -0.4 is 5.32 Å². The normalized spacial score (nSPS) is 13.4. The zero-order valence-electron chi connectivity index (χ0n) is 18.3. The maximum Gasteiger partial charge on any atom is 0.417 e. The molecular weight excluding hydrogens is 477 g/mol. The van der Waals surface area contributed by atoms with Gasteiger partial charge in [0.25, 0.3) is 0 Å². The van der Waals surface area contributed by atoms with E-state index < -0.39 is 17.6 Å². The van der Waals surface area contributed by atoms with Gasteiger partial charge in [-0.1, -0.05) is 30.0 Å². The van der Waals surface area contributed by atoms with Crippen LogP contribution in [-0.4, -0.2) is 30.8 Å². The van der Waals surface area contributed by atoms with Crippen LogP contribution >= 0.6 is 11.8 Å². The van der Waals surface area contributed by atoms with Gasteiger partial charge in [0.2, 0.25) is 5.91 Å². The number of hydrogen-bond donors (Lipinski definition) is 1. The van der Waals surface area contributed by atoms with Crippen LogP contribution in [0.15, 0.2) is 53.8 Å². The molecule has 5 rings (SSSR count). The molecule has 0 saturated heterocycles. The number of amides is 1. The van der Waals surface area contributed by atoms with Crippen LogP contribution in [-0.2, 0) is 23.8 Å². The summed E-state index contributed by atoms with van der Waals surface area (Å²) in [5.74, 6) is -0.101. The van der Waals surface area contributed by atoms with Crippen LogP contribution in [0.5, 0.6) is 0 Å². The standard InChI is InChI=1S/C24H19F3N6OS/c25-24(26,27)15-10-11-20-30-31-23(32(20)13-15)35-14-21(34)29-22-18(12-28)17-8-4-5-9-19(17)33(22)16-6-2-1-3-7-16/h1-3,6-7,10-11,13H,4-5,8-9,14H2,(H,29,34). The molecule has 3 heterocycles. The summed E-state index contributed by atoms with van der Waals surface area (Å²) in [7, 11) is 0. The molecule has 0 saturated carbocycles. The lowest BCUT2D eigenvalue weighted by Crippen LogP contribution is -2.18. The molecule has 1 aliphatic rings. The molecule has 1 N–H and O–H groups in total. The maximum atomic E-state index is 13.1. The molecule has 7 nitrogen and oxygen atoms in total. The number of pyridine rings is 1. The number of anilines is 1. The molecule has 0 spiro atoms. The first-order valence-electron chi connectivity index (χ1n) is 10.9. The van der Waals surface area contributed by atoms with Crippen molar-refractivity contribution in [2.45, 2.75) is 37.0 Å². The zero-order chi connectivity index (χ0) is 24.6. The van der Waals surface area contributed by atoms with Gasteiger partial charge < -0.3 is 5.32 Å². The monoisotopic (exact) mass is 496 g/mol. The Hall–Kier alpha value is -3.78. The smallest absolute Gasteiger partial charge is 0.310 e. The SMILES string of the molecule is N#Cc1c2c(n(-c3ccccc3)c1NC(=O)CSc1nnc3ccc(C(F)(F)F)cn13)CCCC2. The van der Waals surface area contributed by atoms with Crippen molar-refractivity contribution < 1.29 is 18.0 Å². The number of thioether (sulfide) groups is 1. The summed E-state index contributed by atoms with van der Waals surface area (Å²) in [6.45, 7) is 0. The molecule has 4 aromatic rings. The van der Waals surface area contributed by atoms with Crippen molar-refractivity contribution in [1.29, 1.82) is 5.26 Å². The Bertz CT molecular complexity index is 1450. The van der Waals surface area contributed by atoms with Crippen molar-refractivity contribution >= 4 is 29.1 Å². The number of nitriles is 1. The van der Waals surface area contributed by atoms with Crippen LogP contribution in [0.2, 0.25) is 0 Å². The quantitative estimate of drug-likeness (QED) is 0.392. The van der Waals surface area contributed by atoms with E-state index in [1.807, 2.05) is 34.9 Å². The lowest BCUT2D eigenvalue weighted by Gasteiger charge is -2.17. The van der Waals surface area contributed by atoms with E-state index >= 15 is 0 Å². The Labute approximate surface area is 202 Å². The second-order valence-electron chi connectivity index (χ2n) is 8.10. The van der Waals surface area contributed by atoms with Gasteiger partial charge in [0.1, 0.15) is 11.9 Å². The van der Waals surface area contributed by atoms with Crippen molar-refractivity contribution in [1.82, 2.24) is 19.2 Å². The van der Waals surface area contributed by atoms with Gasteiger partial charge in [-0.05, 0) is 55.5 Å². The minimum Gasteiger partial charge on any atom is -0.310 e. The predicted octanol–water partition coefficient (Wildman–Crippen LogP) is 5.02. The number of nitrogens with one attached hydrogen (secondary N) is 1. The average molecular weight is 497 g/mol. The molecule has 11 heteroatoms. The summed E-state index contributed by atoms with van der Waals surface area (Å²) in [4.78, 5) is 12.9. The van der Waals surface area contributed by atoms with E-state index in [1.165, 1.54) is 10.5 Å². The van der Waals surface area contributed by atoms with E-state index in [9.17, 15) is 23.2 Å². The fourth-order valence-electron chi connectivity index (χ4n) is 4.33. The fourth-order valence-corrected chi connectivity index (χ4v) is 5.05. The van der Waals surface area contributed by atoms with Gasteiger partial charge in [-0.15, -0.1) is 10.2 Å². The van der Waals surface area contributed by atoms with Gasteiger partial charge >= 0.3 is 6.18 Å². The molecule has 1 aromatic carbocycles. The zero-order valence-corrected chi connectivity index (χ0v) is 19.2. The third-order valence-electron chi connectivity index (χ3n) is 5.89. The Morgan fingerprint density at radius 1 is 1.11 bits per heavy atom. The summed E-state index contributed by atoms with van der Waals surface area (Å²) in [6.07, 6.45) is -0.0490. The number of benzene rings is 1. The number of carbonyl (C=O) groups is 1. The highest BCUT2D eigenvalue weighted by molar-refractivity contribution is 7.99. The molecule has 0 atom stereocenters. The third kappa shape index (κ3) is 4.37. The molecule has 0 unspecified atom stereocenters. The van der Waals surface area contributed by atoms with Crippen LogP contribution in [0.3, 0.4) is 0 Å². The molecule has 3 aromatic heterocycles. The minimum atomic E-state index is -4.51. The van der Waals surface area contributed by atoms with Crippen molar-refractivity contribution in [3.05, 3.63) is 71.0 Å². The topological polar surface area (TPSA) is 88.0 Å². The summed E-state index contributed by atoms with van der Waals surface area (Å²) in [6, 6.07) is 13.9. The Kier molecular flexibility index (Phi) is 5.98. The molecule has 0 fully saturated rings. The average Bonchev–Trinajstić information content (AvgIpc) is 3.40. The minimum absolute atomic E-state index is 0.119. The summed E-state index contributed by atoms with van der Waals surface area (Å²) < 4.78 is 42.5. The van der Waals surface area contributed by atoms with Crippen LogP contribution in [0.25, 0.3) is 11.3 Å². The van der Waals surface area contributed by atoms with Crippen molar-refractivity contribution in [2.24, 2.45) is 0 Å². The molecule has 178 valence electrons. The van der Waals surface area contributed by atoms with Gasteiger partial charge in [0, 0.05) is 17.6 Å². The largest absolute Gasteiger partial charge is 0.417 e. The number of fused-ring (bicyclic) bond motifs is 2. The van der Waals surface area contributed by atoms with Crippen LogP contribution in [0.4, 0.5) is 19.0 Å². The number of nitrogens with zero attached hydrogens (tertiary/aromatic N) is 5. The first kappa shape index (κ1) is 23.0. The van der Waals surface area contributed by atoms with Crippen molar-refractivity contribution in [2.75, 3.05) is 11.1 Å². The Morgan fingerprint density at radius 3 is 2.63 bits per heavy atom. The molecule has 1 amide bonds. The molecule has 1 aliphatic carbocycles. The van der Waals surface area contributed by atoms with E-state index in [1.54, 1.807) is 0 Å². The Morgan fingerprint density at radius 2 is 1.89 bits per heavy atom. The number of halogens is 3. The van der Waals surface area contributed by atoms with E-state index in [4.69, 9.17) is 0 Å². The summed E-state index contributed by atoms with van der Waals surface area (Å²) in [5, 5.41) is 20.7.